The first-order chi connectivity index (χ1) is 21.5. The van der Waals surface area contributed by atoms with E-state index in [1.54, 1.807) is 0 Å². The van der Waals surface area contributed by atoms with Crippen LogP contribution in [0.1, 0.15) is 81.3 Å². The summed E-state index contributed by atoms with van der Waals surface area (Å²) in [5, 5.41) is 10.7. The number of piperidine rings is 2. The summed E-state index contributed by atoms with van der Waals surface area (Å²) in [7, 11) is -0.399. The molecular formula is C35H50BBrClN5O2. The minimum atomic E-state index is -0.399. The number of aromatic nitrogens is 1. The molecule has 4 aliphatic rings. The molecule has 1 unspecified atom stereocenters. The molecule has 2 aromatic rings. The predicted octanol–water partition coefficient (Wildman–Crippen LogP) is 5.92. The standard InChI is InChI=1S/C35H50BBrClN5O2/c1-35(2,3)31-23-41(17-18-43(31)32(44)19-24-9-15-42(16-10-24)36(4)45)29-11-13-40(14-12-29)34-30-8-7-28(38)21-25(30)5-6-26-20-27(37)22-39-33(26)34/h7-8,20-22,24,29,31,34,45H,5-6,9-19,23H2,1-4H3/t31-,34?/m1/s1. The number of hydrogen-bond donors (Lipinski definition) is 1. The monoisotopic (exact) mass is 697 g/mol. The van der Waals surface area contributed by atoms with Crippen LogP contribution in [-0.4, -0.2) is 100 Å². The van der Waals surface area contributed by atoms with Crippen molar-refractivity contribution in [3.8, 4) is 0 Å². The van der Waals surface area contributed by atoms with Gasteiger partial charge in [0.25, 0.3) is 0 Å². The Labute approximate surface area is 283 Å². The predicted molar refractivity (Wildman–Crippen MR) is 187 cm³/mol. The zero-order valence-corrected chi connectivity index (χ0v) is 29.9. The van der Waals surface area contributed by atoms with E-state index in [2.05, 4.69) is 74.4 Å². The van der Waals surface area contributed by atoms with Gasteiger partial charge < -0.3 is 14.7 Å². The van der Waals surface area contributed by atoms with Crippen molar-refractivity contribution in [2.75, 3.05) is 45.8 Å². The van der Waals surface area contributed by atoms with E-state index in [9.17, 15) is 9.82 Å². The van der Waals surface area contributed by atoms with Gasteiger partial charge in [0.1, 0.15) is 0 Å². The van der Waals surface area contributed by atoms with Gasteiger partial charge in [0.2, 0.25) is 5.91 Å². The highest BCUT2D eigenvalue weighted by Crippen LogP contribution is 2.40. The highest BCUT2D eigenvalue weighted by Gasteiger charge is 2.41. The van der Waals surface area contributed by atoms with Crippen LogP contribution in [0.15, 0.2) is 34.9 Å². The normalized spacial score (nSPS) is 24.6. The van der Waals surface area contributed by atoms with Gasteiger partial charge >= 0.3 is 7.05 Å². The molecule has 45 heavy (non-hydrogen) atoms. The molecule has 3 aliphatic heterocycles. The largest absolute Gasteiger partial charge is 0.437 e. The average Bonchev–Trinajstić information content (AvgIpc) is 3.17. The lowest BCUT2D eigenvalue weighted by Gasteiger charge is -2.51. The molecule has 7 nitrogen and oxygen atoms in total. The minimum Gasteiger partial charge on any atom is -0.437 e. The van der Waals surface area contributed by atoms with E-state index in [0.717, 1.165) is 93.8 Å². The molecule has 1 aromatic heterocycles. The van der Waals surface area contributed by atoms with Gasteiger partial charge in [-0.3, -0.25) is 19.6 Å². The number of pyridine rings is 1. The quantitative estimate of drug-likeness (QED) is 0.392. The van der Waals surface area contributed by atoms with Crippen molar-refractivity contribution in [3.05, 3.63) is 62.3 Å². The van der Waals surface area contributed by atoms with E-state index in [1.807, 2.05) is 19.1 Å². The molecule has 244 valence electrons. The van der Waals surface area contributed by atoms with E-state index in [4.69, 9.17) is 16.6 Å². The molecule has 0 saturated carbocycles. The number of nitrogens with zero attached hydrogens (tertiary/aromatic N) is 5. The maximum atomic E-state index is 13.7. The van der Waals surface area contributed by atoms with E-state index in [1.165, 1.54) is 22.4 Å². The Morgan fingerprint density at radius 2 is 1.71 bits per heavy atom. The third kappa shape index (κ3) is 7.49. The van der Waals surface area contributed by atoms with Gasteiger partial charge in [-0.1, -0.05) is 38.4 Å². The number of rotatable bonds is 5. The Kier molecular flexibility index (Phi) is 10.3. The first-order valence-electron chi connectivity index (χ1n) is 17.1. The Balaban J connectivity index is 1.11. The molecule has 0 radical (unpaired) electrons. The summed E-state index contributed by atoms with van der Waals surface area (Å²) in [5.41, 5.74) is 5.22. The van der Waals surface area contributed by atoms with Crippen molar-refractivity contribution < 1.29 is 9.82 Å². The first-order valence-corrected chi connectivity index (χ1v) is 18.3. The maximum absolute atomic E-state index is 13.7. The second-order valence-corrected chi connectivity index (χ2v) is 16.3. The summed E-state index contributed by atoms with van der Waals surface area (Å²) >= 11 is 10.1. The SMILES string of the molecule is CB(O)N1CCC(CC(=O)N2CCN(C3CCN(C4c5ccc(Cl)cc5CCc5cc(Br)cnc54)CC3)C[C@@H]2C(C)(C)C)CC1. The first kappa shape index (κ1) is 33.4. The number of carbonyl (C=O) groups excluding carboxylic acids is 1. The van der Waals surface area contributed by atoms with Crippen molar-refractivity contribution in [2.24, 2.45) is 11.3 Å². The number of benzene rings is 1. The summed E-state index contributed by atoms with van der Waals surface area (Å²) in [6, 6.07) is 9.56. The lowest BCUT2D eigenvalue weighted by atomic mass is 9.80. The summed E-state index contributed by atoms with van der Waals surface area (Å²) < 4.78 is 1.04. The van der Waals surface area contributed by atoms with Gasteiger partial charge in [0.05, 0.1) is 11.7 Å². The lowest BCUT2D eigenvalue weighted by molar-refractivity contribution is -0.142. The second kappa shape index (κ2) is 13.9. The van der Waals surface area contributed by atoms with Crippen molar-refractivity contribution in [1.29, 1.82) is 0 Å². The molecular weight excluding hydrogens is 649 g/mol. The van der Waals surface area contributed by atoms with Crippen LogP contribution < -0.4 is 0 Å². The van der Waals surface area contributed by atoms with Gasteiger partial charge in [-0.15, -0.1) is 0 Å². The zero-order valence-electron chi connectivity index (χ0n) is 27.5. The number of aryl methyl sites for hydroxylation is 2. The molecule has 1 N–H and O–H groups in total. The highest BCUT2D eigenvalue weighted by molar-refractivity contribution is 9.10. The number of amides is 1. The molecule has 3 fully saturated rings. The van der Waals surface area contributed by atoms with Gasteiger partial charge in [0.15, 0.2) is 0 Å². The number of likely N-dealkylation sites (tertiary alicyclic amines) is 1. The van der Waals surface area contributed by atoms with Crippen LogP contribution in [0, 0.1) is 11.3 Å². The number of carbonyl (C=O) groups is 1. The fraction of sp³-hybridized carbons (Fsp3) is 0.657. The van der Waals surface area contributed by atoms with Crippen LogP contribution in [0.25, 0.3) is 0 Å². The van der Waals surface area contributed by atoms with Crippen LogP contribution in [-0.2, 0) is 17.6 Å². The topological polar surface area (TPSA) is 63.2 Å². The molecule has 3 saturated heterocycles. The number of hydrogen-bond acceptors (Lipinski definition) is 6. The van der Waals surface area contributed by atoms with Gasteiger partial charge in [-0.2, -0.15) is 0 Å². The highest BCUT2D eigenvalue weighted by atomic mass is 79.9. The van der Waals surface area contributed by atoms with Gasteiger partial charge in [-0.25, -0.2) is 0 Å². The molecule has 1 amide bonds. The molecule has 2 atom stereocenters. The van der Waals surface area contributed by atoms with Crippen LogP contribution in [0.3, 0.4) is 0 Å². The van der Waals surface area contributed by atoms with Gasteiger partial charge in [-0.05, 0) is 121 Å². The van der Waals surface area contributed by atoms with Crippen LogP contribution >= 0.6 is 27.5 Å². The molecule has 6 rings (SSSR count). The Morgan fingerprint density at radius 3 is 2.40 bits per heavy atom. The minimum absolute atomic E-state index is 0.0136. The summed E-state index contributed by atoms with van der Waals surface area (Å²) in [4.78, 5) is 28.4. The lowest BCUT2D eigenvalue weighted by Crippen LogP contribution is -2.62. The molecule has 10 heteroatoms. The van der Waals surface area contributed by atoms with E-state index >= 15 is 0 Å². The van der Waals surface area contributed by atoms with Crippen molar-refractivity contribution in [3.63, 3.8) is 0 Å². The molecule has 1 aromatic carbocycles. The van der Waals surface area contributed by atoms with Crippen molar-refractivity contribution >= 4 is 40.5 Å². The smallest absolute Gasteiger partial charge is 0.376 e. The molecule has 0 bridgehead atoms. The van der Waals surface area contributed by atoms with E-state index in [-0.39, 0.29) is 17.5 Å². The Hall–Kier alpha value is -1.49. The third-order valence-corrected chi connectivity index (χ3v) is 11.7. The maximum Gasteiger partial charge on any atom is 0.376 e. The number of fused-ring (bicyclic) bond motifs is 2. The van der Waals surface area contributed by atoms with E-state index < -0.39 is 7.05 Å². The molecule has 4 heterocycles. The van der Waals surface area contributed by atoms with Crippen LogP contribution in [0.4, 0.5) is 0 Å². The number of piperazine rings is 1. The summed E-state index contributed by atoms with van der Waals surface area (Å²) in [6.07, 6.45) is 8.77. The molecule has 0 spiro atoms. The summed E-state index contributed by atoms with van der Waals surface area (Å²) in [5.74, 6) is 0.742. The van der Waals surface area contributed by atoms with Crippen LogP contribution in [0.5, 0.6) is 0 Å². The van der Waals surface area contributed by atoms with Gasteiger partial charge in [0, 0.05) is 66.9 Å². The van der Waals surface area contributed by atoms with Crippen molar-refractivity contribution in [1.82, 2.24) is 24.5 Å². The second-order valence-electron chi connectivity index (χ2n) is 15.0. The van der Waals surface area contributed by atoms with Crippen LogP contribution in [0.2, 0.25) is 11.8 Å². The fourth-order valence-electron chi connectivity index (χ4n) is 8.36. The summed E-state index contributed by atoms with van der Waals surface area (Å²) in [6.45, 7) is 15.3. The zero-order chi connectivity index (χ0) is 31.9. The third-order valence-electron chi connectivity index (χ3n) is 11.0. The molecule has 1 aliphatic carbocycles. The average molecular weight is 699 g/mol. The fourth-order valence-corrected chi connectivity index (χ4v) is 8.94. The van der Waals surface area contributed by atoms with Crippen molar-refractivity contribution in [2.45, 2.75) is 90.7 Å². The van der Waals surface area contributed by atoms with E-state index in [0.29, 0.717) is 24.3 Å². The Morgan fingerprint density at radius 1 is 1.00 bits per heavy atom. The Bertz CT molecular complexity index is 1300. The number of halogens is 2.